The second kappa shape index (κ2) is 6.84. The molecule has 5 rings (SSSR count). The molecule has 2 heteroatoms. The lowest BCUT2D eigenvalue weighted by atomic mass is 9.80. The lowest BCUT2D eigenvalue weighted by molar-refractivity contribution is 0.651. The molecule has 1 aliphatic carbocycles. The fourth-order valence-electron chi connectivity index (χ4n) is 4.99. The Morgan fingerprint density at radius 3 is 2.33 bits per heavy atom. The third kappa shape index (κ3) is 3.06. The predicted molar refractivity (Wildman–Crippen MR) is 128 cm³/mol. The van der Waals surface area contributed by atoms with Gasteiger partial charge in [-0.15, -0.1) is 0 Å². The number of allylic oxidation sites excluding steroid dienone is 6. The number of aliphatic imine (C=N–C) groups is 1. The van der Waals surface area contributed by atoms with Crippen LogP contribution in [0.15, 0.2) is 88.6 Å². The van der Waals surface area contributed by atoms with Crippen LogP contribution in [0, 0.1) is 0 Å². The van der Waals surface area contributed by atoms with E-state index in [1.807, 2.05) is 0 Å². The average Bonchev–Trinajstić information content (AvgIpc) is 3.13. The van der Waals surface area contributed by atoms with Gasteiger partial charge in [0.25, 0.3) is 0 Å². The van der Waals surface area contributed by atoms with Gasteiger partial charge in [0.15, 0.2) is 0 Å². The maximum Gasteiger partial charge on any atom is 0.0674 e. The minimum atomic E-state index is -0.0375. The Morgan fingerprint density at radius 1 is 0.833 bits per heavy atom. The largest absolute Gasteiger partial charge is 0.358 e. The quantitative estimate of drug-likeness (QED) is 0.565. The molecule has 0 bridgehead atoms. The minimum Gasteiger partial charge on any atom is -0.358 e. The summed E-state index contributed by atoms with van der Waals surface area (Å²) in [7, 11) is 0. The fourth-order valence-corrected chi connectivity index (χ4v) is 4.99. The minimum absolute atomic E-state index is 0.0118. The number of hydrogen-bond acceptors (Lipinski definition) is 2. The predicted octanol–water partition coefficient (Wildman–Crippen LogP) is 7.37. The zero-order valence-corrected chi connectivity index (χ0v) is 18.4. The van der Waals surface area contributed by atoms with Crippen molar-refractivity contribution in [1.29, 1.82) is 0 Å². The zero-order valence-electron chi connectivity index (χ0n) is 18.4. The van der Waals surface area contributed by atoms with Crippen molar-refractivity contribution in [3.05, 3.63) is 94.7 Å². The number of nitrogens with one attached hydrogen (secondary N) is 1. The lowest BCUT2D eigenvalue weighted by Gasteiger charge is -2.23. The Balaban J connectivity index is 1.46. The monoisotopic (exact) mass is 394 g/mol. The van der Waals surface area contributed by atoms with Crippen LogP contribution in [-0.2, 0) is 10.8 Å². The lowest BCUT2D eigenvalue weighted by Crippen LogP contribution is -2.24. The van der Waals surface area contributed by atoms with E-state index in [0.29, 0.717) is 0 Å². The maximum atomic E-state index is 4.96. The van der Waals surface area contributed by atoms with Crippen LogP contribution in [0.25, 0.3) is 0 Å². The van der Waals surface area contributed by atoms with Crippen LogP contribution >= 0.6 is 0 Å². The number of benzene rings is 2. The van der Waals surface area contributed by atoms with Crippen LogP contribution in [0.5, 0.6) is 0 Å². The summed E-state index contributed by atoms with van der Waals surface area (Å²) < 4.78 is 0. The first-order chi connectivity index (χ1) is 14.4. The summed E-state index contributed by atoms with van der Waals surface area (Å²) in [5.41, 5.74) is 10.3. The molecule has 0 aromatic heterocycles. The summed E-state index contributed by atoms with van der Waals surface area (Å²) >= 11 is 0. The number of hydrogen-bond donors (Lipinski definition) is 1. The van der Waals surface area contributed by atoms with Crippen molar-refractivity contribution in [2.45, 2.75) is 57.8 Å². The van der Waals surface area contributed by atoms with Gasteiger partial charge in [0.05, 0.1) is 11.4 Å². The van der Waals surface area contributed by atoms with Crippen LogP contribution in [0.3, 0.4) is 0 Å². The van der Waals surface area contributed by atoms with E-state index in [4.69, 9.17) is 4.99 Å². The fraction of sp³-hybridized carbons (Fsp3) is 0.321. The van der Waals surface area contributed by atoms with Gasteiger partial charge in [0, 0.05) is 22.2 Å². The number of nitrogens with zero attached hydrogens (tertiary/aromatic N) is 1. The standard InChI is InChI=1S/C28H30N2/c1-27(2)21-12-5-7-14-23(21)29-25(27)17-19-10-9-11-20(16-19)18-26-28(3,4)22-13-6-8-15-24(22)30-26/h5-8,12-18,29H,9-11H2,1-4H3/b20-18+,25-17+. The molecule has 0 unspecified atom stereocenters. The zero-order chi connectivity index (χ0) is 20.9. The van der Waals surface area contributed by atoms with Crippen molar-refractivity contribution >= 4 is 17.1 Å². The highest BCUT2D eigenvalue weighted by Crippen LogP contribution is 2.44. The number of anilines is 1. The molecule has 0 saturated carbocycles. The van der Waals surface area contributed by atoms with Crippen molar-refractivity contribution in [2.75, 3.05) is 5.32 Å². The summed E-state index contributed by atoms with van der Waals surface area (Å²) in [5.74, 6) is 0. The Hall–Kier alpha value is -2.87. The van der Waals surface area contributed by atoms with Gasteiger partial charge >= 0.3 is 0 Å². The van der Waals surface area contributed by atoms with Crippen molar-refractivity contribution in [3.8, 4) is 0 Å². The Morgan fingerprint density at radius 2 is 1.57 bits per heavy atom. The van der Waals surface area contributed by atoms with Crippen molar-refractivity contribution in [3.63, 3.8) is 0 Å². The smallest absolute Gasteiger partial charge is 0.0674 e. The highest BCUT2D eigenvalue weighted by Gasteiger charge is 2.35. The number of rotatable bonds is 2. The van der Waals surface area contributed by atoms with Gasteiger partial charge in [-0.2, -0.15) is 0 Å². The maximum absolute atomic E-state index is 4.96. The van der Waals surface area contributed by atoms with Crippen LogP contribution < -0.4 is 5.32 Å². The van der Waals surface area contributed by atoms with Gasteiger partial charge in [0.1, 0.15) is 0 Å². The molecule has 0 spiro atoms. The molecule has 0 saturated heterocycles. The number of para-hydroxylation sites is 2. The van der Waals surface area contributed by atoms with E-state index in [1.54, 1.807) is 0 Å². The molecule has 2 heterocycles. The summed E-state index contributed by atoms with van der Waals surface area (Å²) in [5, 5.41) is 3.66. The van der Waals surface area contributed by atoms with E-state index >= 15 is 0 Å². The van der Waals surface area contributed by atoms with E-state index in [2.05, 4.69) is 99.8 Å². The molecule has 2 aromatic rings. The van der Waals surface area contributed by atoms with Gasteiger partial charge in [-0.25, -0.2) is 0 Å². The molecule has 1 N–H and O–H groups in total. The first kappa shape index (κ1) is 19.1. The topological polar surface area (TPSA) is 24.4 Å². The van der Waals surface area contributed by atoms with E-state index in [0.717, 1.165) is 18.5 Å². The van der Waals surface area contributed by atoms with Crippen LogP contribution in [0.2, 0.25) is 0 Å². The molecular weight excluding hydrogens is 364 g/mol. The first-order valence-electron chi connectivity index (χ1n) is 11.0. The normalized spacial score (nSPS) is 23.6. The Labute approximate surface area is 180 Å². The van der Waals surface area contributed by atoms with Gasteiger partial charge in [-0.3, -0.25) is 4.99 Å². The highest BCUT2D eigenvalue weighted by atomic mass is 15.0. The van der Waals surface area contributed by atoms with Crippen molar-refractivity contribution in [1.82, 2.24) is 0 Å². The molecule has 3 aliphatic rings. The van der Waals surface area contributed by atoms with Crippen LogP contribution in [0.4, 0.5) is 11.4 Å². The summed E-state index contributed by atoms with van der Waals surface area (Å²) in [6.07, 6.45) is 10.5. The molecule has 0 atom stereocenters. The second-order valence-electron chi connectivity index (χ2n) is 9.78. The van der Waals surface area contributed by atoms with E-state index < -0.39 is 0 Å². The third-order valence-corrected chi connectivity index (χ3v) is 6.96. The van der Waals surface area contributed by atoms with Gasteiger partial charge < -0.3 is 5.32 Å². The Kier molecular flexibility index (Phi) is 4.36. The molecular formula is C28H30N2. The highest BCUT2D eigenvalue weighted by molar-refractivity contribution is 6.08. The molecule has 2 aliphatic heterocycles. The first-order valence-corrected chi connectivity index (χ1v) is 11.0. The second-order valence-corrected chi connectivity index (χ2v) is 9.78. The molecule has 2 aromatic carbocycles. The van der Waals surface area contributed by atoms with Gasteiger partial charge in [-0.1, -0.05) is 70.2 Å². The SMILES string of the molecule is CC1(C)C(/C=C2C=C(/C=C3/Nc4ccccc4C3(C)C)CCC/2)=Nc2ccccc21. The van der Waals surface area contributed by atoms with Gasteiger partial charge in [0.2, 0.25) is 0 Å². The van der Waals surface area contributed by atoms with Crippen molar-refractivity contribution in [2.24, 2.45) is 4.99 Å². The summed E-state index contributed by atoms with van der Waals surface area (Å²) in [6.45, 7) is 9.19. The Bertz CT molecular complexity index is 1140. The van der Waals surface area contributed by atoms with E-state index in [9.17, 15) is 0 Å². The summed E-state index contributed by atoms with van der Waals surface area (Å²) in [6, 6.07) is 17.2. The molecule has 2 nitrogen and oxygen atoms in total. The van der Waals surface area contributed by atoms with Crippen LogP contribution in [0.1, 0.15) is 58.1 Å². The molecule has 0 amide bonds. The molecule has 0 fully saturated rings. The van der Waals surface area contributed by atoms with Gasteiger partial charge in [-0.05, 0) is 65.8 Å². The molecule has 152 valence electrons. The van der Waals surface area contributed by atoms with E-state index in [1.165, 1.54) is 45.8 Å². The summed E-state index contributed by atoms with van der Waals surface area (Å²) in [4.78, 5) is 4.96. The van der Waals surface area contributed by atoms with Crippen molar-refractivity contribution < 1.29 is 0 Å². The van der Waals surface area contributed by atoms with E-state index in [-0.39, 0.29) is 10.8 Å². The van der Waals surface area contributed by atoms with Crippen LogP contribution in [-0.4, -0.2) is 5.71 Å². The molecule has 0 radical (unpaired) electrons. The third-order valence-electron chi connectivity index (χ3n) is 6.96. The molecule has 30 heavy (non-hydrogen) atoms. The average molecular weight is 395 g/mol. The number of fused-ring (bicyclic) bond motifs is 2.